The van der Waals surface area contributed by atoms with Crippen molar-refractivity contribution in [3.8, 4) is 5.75 Å². The largest absolute Gasteiger partial charge is 0.497 e. The second-order valence-electron chi connectivity index (χ2n) is 7.65. The van der Waals surface area contributed by atoms with Crippen LogP contribution in [-0.2, 0) is 4.79 Å². The Morgan fingerprint density at radius 2 is 1.90 bits per heavy atom. The van der Waals surface area contributed by atoms with Crippen LogP contribution in [0.2, 0.25) is 0 Å². The number of amides is 1. The minimum atomic E-state index is 0. The summed E-state index contributed by atoms with van der Waals surface area (Å²) in [5.74, 6) is 1.76. The van der Waals surface area contributed by atoms with E-state index < -0.39 is 0 Å². The number of likely N-dealkylation sites (tertiary alicyclic amines) is 1. The number of hydrogen-bond acceptors (Lipinski definition) is 4. The standard InChI is InChI=1S/C23H39N5O2.HI/c1-6-24-23(26(4)18-22(29)27(7-2)8-3)25-17-21(28-14-9-10-15-28)19-12-11-13-20(16-19)30-5;/h11-13,16,21H,6-10,14-15,17-18H2,1-5H3,(H,24,25);1H. The third-order valence-corrected chi connectivity index (χ3v) is 5.66. The Labute approximate surface area is 205 Å². The van der Waals surface area contributed by atoms with Gasteiger partial charge in [-0.05, 0) is 64.4 Å². The molecule has 1 aromatic rings. The molecule has 1 N–H and O–H groups in total. The molecule has 1 aliphatic rings. The molecular formula is C23H40IN5O2. The van der Waals surface area contributed by atoms with E-state index in [1.807, 2.05) is 42.8 Å². The van der Waals surface area contributed by atoms with Gasteiger partial charge >= 0.3 is 0 Å². The van der Waals surface area contributed by atoms with Gasteiger partial charge in [0.25, 0.3) is 0 Å². The van der Waals surface area contributed by atoms with Gasteiger partial charge in [0.1, 0.15) is 5.75 Å². The molecule has 0 saturated carbocycles. The van der Waals surface area contributed by atoms with Crippen molar-refractivity contribution in [1.82, 2.24) is 20.0 Å². The third-order valence-electron chi connectivity index (χ3n) is 5.66. The number of aliphatic imine (C=N–C) groups is 1. The van der Waals surface area contributed by atoms with E-state index in [2.05, 4.69) is 29.3 Å². The van der Waals surface area contributed by atoms with Crippen LogP contribution in [0.5, 0.6) is 5.75 Å². The van der Waals surface area contributed by atoms with Gasteiger partial charge in [0.15, 0.2) is 5.96 Å². The van der Waals surface area contributed by atoms with Gasteiger partial charge < -0.3 is 19.9 Å². The zero-order chi connectivity index (χ0) is 21.9. The number of nitrogens with zero attached hydrogens (tertiary/aromatic N) is 4. The Morgan fingerprint density at radius 1 is 1.23 bits per heavy atom. The Morgan fingerprint density at radius 3 is 2.48 bits per heavy atom. The number of methoxy groups -OCH3 is 1. The molecule has 1 aromatic carbocycles. The molecule has 1 atom stereocenters. The highest BCUT2D eigenvalue weighted by atomic mass is 127. The fourth-order valence-corrected chi connectivity index (χ4v) is 3.93. The van der Waals surface area contributed by atoms with Crippen LogP contribution in [-0.4, -0.2) is 86.5 Å². The van der Waals surface area contributed by atoms with E-state index in [4.69, 9.17) is 9.73 Å². The molecule has 0 aliphatic carbocycles. The second kappa shape index (κ2) is 14.5. The van der Waals surface area contributed by atoms with Crippen LogP contribution in [0.25, 0.3) is 0 Å². The minimum Gasteiger partial charge on any atom is -0.497 e. The number of rotatable bonds is 10. The second-order valence-corrected chi connectivity index (χ2v) is 7.65. The van der Waals surface area contributed by atoms with E-state index >= 15 is 0 Å². The maximum absolute atomic E-state index is 12.5. The van der Waals surface area contributed by atoms with E-state index in [1.54, 1.807) is 7.11 Å². The fourth-order valence-electron chi connectivity index (χ4n) is 3.93. The number of hydrogen-bond donors (Lipinski definition) is 1. The highest BCUT2D eigenvalue weighted by Crippen LogP contribution is 2.28. The zero-order valence-electron chi connectivity index (χ0n) is 19.8. The Bertz CT molecular complexity index is 690. The molecule has 0 radical (unpaired) electrons. The first-order valence-electron chi connectivity index (χ1n) is 11.2. The van der Waals surface area contributed by atoms with E-state index in [-0.39, 0.29) is 35.9 Å². The number of benzene rings is 1. The molecule has 0 bridgehead atoms. The van der Waals surface area contributed by atoms with Crippen molar-refractivity contribution in [1.29, 1.82) is 0 Å². The first-order valence-corrected chi connectivity index (χ1v) is 11.2. The molecule has 176 valence electrons. The van der Waals surface area contributed by atoms with Crippen molar-refractivity contribution in [3.05, 3.63) is 29.8 Å². The Balaban J connectivity index is 0.00000480. The van der Waals surface area contributed by atoms with Crippen molar-refractivity contribution in [2.75, 3.05) is 60.0 Å². The summed E-state index contributed by atoms with van der Waals surface area (Å²) in [6.45, 7) is 11.4. The van der Waals surface area contributed by atoms with E-state index in [1.165, 1.54) is 18.4 Å². The van der Waals surface area contributed by atoms with Crippen molar-refractivity contribution >= 4 is 35.8 Å². The summed E-state index contributed by atoms with van der Waals surface area (Å²) in [5, 5.41) is 3.34. The molecule has 1 aliphatic heterocycles. The number of halogens is 1. The lowest BCUT2D eigenvalue weighted by Crippen LogP contribution is -2.46. The average Bonchev–Trinajstić information content (AvgIpc) is 3.28. The first kappa shape index (κ1) is 27.5. The van der Waals surface area contributed by atoms with E-state index in [0.717, 1.165) is 44.4 Å². The Hall–Kier alpha value is -1.55. The van der Waals surface area contributed by atoms with Crippen molar-refractivity contribution in [2.24, 2.45) is 4.99 Å². The number of guanidine groups is 1. The molecule has 2 rings (SSSR count). The predicted molar refractivity (Wildman–Crippen MR) is 138 cm³/mol. The van der Waals surface area contributed by atoms with Crippen LogP contribution in [0.15, 0.2) is 29.3 Å². The lowest BCUT2D eigenvalue weighted by molar-refractivity contribution is -0.131. The zero-order valence-corrected chi connectivity index (χ0v) is 22.1. The van der Waals surface area contributed by atoms with Gasteiger partial charge in [0, 0.05) is 26.7 Å². The van der Waals surface area contributed by atoms with E-state index in [9.17, 15) is 4.79 Å². The van der Waals surface area contributed by atoms with Crippen LogP contribution in [0.4, 0.5) is 0 Å². The summed E-state index contributed by atoms with van der Waals surface area (Å²) in [7, 11) is 3.63. The average molecular weight is 546 g/mol. The molecule has 1 heterocycles. The number of ether oxygens (including phenoxy) is 1. The lowest BCUT2D eigenvalue weighted by atomic mass is 10.1. The first-order chi connectivity index (χ1) is 14.5. The van der Waals surface area contributed by atoms with Crippen molar-refractivity contribution in [2.45, 2.75) is 39.7 Å². The van der Waals surface area contributed by atoms with Gasteiger partial charge in [0.2, 0.25) is 5.91 Å². The van der Waals surface area contributed by atoms with Crippen molar-refractivity contribution < 1.29 is 9.53 Å². The summed E-state index contributed by atoms with van der Waals surface area (Å²) in [6.07, 6.45) is 2.45. The van der Waals surface area contributed by atoms with Crippen LogP contribution >= 0.6 is 24.0 Å². The SMILES string of the molecule is CCNC(=NCC(c1cccc(OC)c1)N1CCCC1)N(C)CC(=O)N(CC)CC.I. The normalized spacial score (nSPS) is 15.2. The van der Waals surface area contributed by atoms with Gasteiger partial charge in [0.05, 0.1) is 26.2 Å². The van der Waals surface area contributed by atoms with Gasteiger partial charge in [-0.2, -0.15) is 0 Å². The number of carbonyl (C=O) groups is 1. The molecule has 7 nitrogen and oxygen atoms in total. The number of carbonyl (C=O) groups excluding carboxylic acids is 1. The van der Waals surface area contributed by atoms with Crippen LogP contribution in [0, 0.1) is 0 Å². The fraction of sp³-hybridized carbons (Fsp3) is 0.652. The highest BCUT2D eigenvalue weighted by molar-refractivity contribution is 14.0. The highest BCUT2D eigenvalue weighted by Gasteiger charge is 2.24. The Kier molecular flexibility index (Phi) is 12.9. The molecule has 0 aromatic heterocycles. The maximum Gasteiger partial charge on any atom is 0.242 e. The predicted octanol–water partition coefficient (Wildman–Crippen LogP) is 3.22. The van der Waals surface area contributed by atoms with E-state index in [0.29, 0.717) is 13.1 Å². The topological polar surface area (TPSA) is 60.4 Å². The van der Waals surface area contributed by atoms with Gasteiger partial charge in [-0.25, -0.2) is 0 Å². The molecule has 1 amide bonds. The van der Waals surface area contributed by atoms with Gasteiger partial charge in [-0.1, -0.05) is 12.1 Å². The molecule has 1 unspecified atom stereocenters. The van der Waals surface area contributed by atoms with Gasteiger partial charge in [-0.3, -0.25) is 14.7 Å². The number of likely N-dealkylation sites (N-methyl/N-ethyl adjacent to an activating group) is 2. The summed E-state index contributed by atoms with van der Waals surface area (Å²) in [6, 6.07) is 8.48. The van der Waals surface area contributed by atoms with Crippen LogP contribution in [0.3, 0.4) is 0 Å². The third kappa shape index (κ3) is 8.14. The molecule has 1 saturated heterocycles. The summed E-state index contributed by atoms with van der Waals surface area (Å²) < 4.78 is 5.44. The number of nitrogens with one attached hydrogen (secondary N) is 1. The van der Waals surface area contributed by atoms with Crippen molar-refractivity contribution in [3.63, 3.8) is 0 Å². The monoisotopic (exact) mass is 545 g/mol. The molecule has 0 spiro atoms. The summed E-state index contributed by atoms with van der Waals surface area (Å²) in [4.78, 5) is 23.8. The molecule has 31 heavy (non-hydrogen) atoms. The smallest absolute Gasteiger partial charge is 0.242 e. The molecule has 8 heteroatoms. The lowest BCUT2D eigenvalue weighted by Gasteiger charge is -2.29. The van der Waals surface area contributed by atoms with Crippen LogP contribution < -0.4 is 10.1 Å². The van der Waals surface area contributed by atoms with Gasteiger partial charge in [-0.15, -0.1) is 24.0 Å². The maximum atomic E-state index is 12.5. The van der Waals surface area contributed by atoms with Crippen LogP contribution in [0.1, 0.15) is 45.2 Å². The summed E-state index contributed by atoms with van der Waals surface area (Å²) >= 11 is 0. The quantitative estimate of drug-likeness (QED) is 0.278. The molecule has 1 fully saturated rings. The minimum absolute atomic E-state index is 0. The molecular weight excluding hydrogens is 505 g/mol. The summed E-state index contributed by atoms with van der Waals surface area (Å²) in [5.41, 5.74) is 1.22.